The molecule has 3 aromatic carbocycles. The number of methoxy groups -OCH3 is 1. The van der Waals surface area contributed by atoms with E-state index in [0.29, 0.717) is 17.0 Å². The molecular formula is C24H23F2N3O3. The van der Waals surface area contributed by atoms with E-state index in [2.05, 4.69) is 16.0 Å². The van der Waals surface area contributed by atoms with Gasteiger partial charge in [0, 0.05) is 11.3 Å². The third-order valence-electron chi connectivity index (χ3n) is 4.80. The highest BCUT2D eigenvalue weighted by atomic mass is 19.1. The maximum Gasteiger partial charge on any atom is 0.320 e. The van der Waals surface area contributed by atoms with E-state index in [9.17, 15) is 18.4 Å². The quantitative estimate of drug-likeness (QED) is 0.499. The average Bonchev–Trinajstić information content (AvgIpc) is 2.80. The second-order valence-electron chi connectivity index (χ2n) is 7.07. The van der Waals surface area contributed by atoms with Crippen molar-refractivity contribution in [1.29, 1.82) is 0 Å². The Hall–Kier alpha value is -3.94. The fourth-order valence-corrected chi connectivity index (χ4v) is 3.14. The fourth-order valence-electron chi connectivity index (χ4n) is 3.14. The zero-order chi connectivity index (χ0) is 23.1. The highest BCUT2D eigenvalue weighted by Gasteiger charge is 2.25. The maximum atomic E-state index is 14.1. The van der Waals surface area contributed by atoms with Crippen LogP contribution < -0.4 is 20.7 Å². The van der Waals surface area contributed by atoms with Crippen LogP contribution in [0, 0.1) is 11.6 Å². The highest BCUT2D eigenvalue weighted by molar-refractivity contribution is 5.94. The summed E-state index contributed by atoms with van der Waals surface area (Å²) >= 11 is 0. The molecule has 0 bridgehead atoms. The molecule has 0 heterocycles. The molecule has 32 heavy (non-hydrogen) atoms. The number of rotatable bonds is 7. The molecule has 166 valence electrons. The van der Waals surface area contributed by atoms with Gasteiger partial charge in [0.2, 0.25) is 5.91 Å². The van der Waals surface area contributed by atoms with Crippen LogP contribution in [0.2, 0.25) is 0 Å². The number of benzene rings is 3. The van der Waals surface area contributed by atoms with Crippen molar-refractivity contribution in [3.8, 4) is 5.75 Å². The van der Waals surface area contributed by atoms with Crippen molar-refractivity contribution in [2.45, 2.75) is 19.0 Å². The smallest absolute Gasteiger partial charge is 0.320 e. The van der Waals surface area contributed by atoms with Gasteiger partial charge in [-0.3, -0.25) is 4.79 Å². The highest BCUT2D eigenvalue weighted by Crippen LogP contribution is 2.21. The lowest BCUT2D eigenvalue weighted by Crippen LogP contribution is -2.43. The first kappa shape index (κ1) is 22.7. The van der Waals surface area contributed by atoms with E-state index in [1.165, 1.54) is 14.0 Å². The first-order valence-corrected chi connectivity index (χ1v) is 9.89. The Balaban J connectivity index is 1.75. The number of carbonyl (C=O) groups is 2. The molecule has 0 saturated heterocycles. The summed E-state index contributed by atoms with van der Waals surface area (Å²) in [6.07, 6.45) is 0. The van der Waals surface area contributed by atoms with Crippen LogP contribution in [-0.2, 0) is 4.79 Å². The van der Waals surface area contributed by atoms with Crippen LogP contribution in [-0.4, -0.2) is 19.0 Å². The van der Waals surface area contributed by atoms with Gasteiger partial charge in [-0.2, -0.15) is 0 Å². The van der Waals surface area contributed by atoms with Gasteiger partial charge in [0.05, 0.1) is 13.2 Å². The lowest BCUT2D eigenvalue weighted by molar-refractivity contribution is -0.123. The van der Waals surface area contributed by atoms with Gasteiger partial charge in [-0.15, -0.1) is 0 Å². The summed E-state index contributed by atoms with van der Waals surface area (Å²) in [5.74, 6) is -1.19. The average molecular weight is 439 g/mol. The predicted molar refractivity (Wildman–Crippen MR) is 117 cm³/mol. The molecule has 3 N–H and O–H groups in total. The number of urea groups is 1. The molecule has 0 radical (unpaired) electrons. The molecule has 0 unspecified atom stereocenters. The summed E-state index contributed by atoms with van der Waals surface area (Å²) in [5, 5.41) is 7.93. The number of hydrogen-bond donors (Lipinski definition) is 3. The van der Waals surface area contributed by atoms with Crippen molar-refractivity contribution < 1.29 is 23.1 Å². The summed E-state index contributed by atoms with van der Waals surface area (Å²) in [6.45, 7) is 1.54. The van der Waals surface area contributed by atoms with Crippen LogP contribution in [0.3, 0.4) is 0 Å². The Bertz CT molecular complexity index is 1080. The van der Waals surface area contributed by atoms with Gasteiger partial charge >= 0.3 is 6.03 Å². The van der Waals surface area contributed by atoms with E-state index in [0.717, 1.165) is 18.2 Å². The topological polar surface area (TPSA) is 79.5 Å². The van der Waals surface area contributed by atoms with Crippen LogP contribution in [0.25, 0.3) is 0 Å². The Labute approximate surface area is 184 Å². The number of ether oxygens (including phenoxy) is 1. The van der Waals surface area contributed by atoms with Gasteiger partial charge in [0.15, 0.2) is 0 Å². The van der Waals surface area contributed by atoms with Crippen LogP contribution in [0.5, 0.6) is 5.75 Å². The molecule has 3 aromatic rings. The number of hydrogen-bond acceptors (Lipinski definition) is 3. The van der Waals surface area contributed by atoms with E-state index in [1.54, 1.807) is 54.6 Å². The van der Waals surface area contributed by atoms with Gasteiger partial charge in [0.25, 0.3) is 0 Å². The molecule has 0 saturated carbocycles. The first-order chi connectivity index (χ1) is 15.4. The van der Waals surface area contributed by atoms with E-state index in [-0.39, 0.29) is 5.56 Å². The molecule has 0 aliphatic heterocycles. The SMILES string of the molecule is COc1ccc(NC(=O)N[C@@H](C(=O)N[C@H](C)c2cc(F)ccc2F)c2ccccc2)cc1. The fraction of sp³-hybridized carbons (Fsp3) is 0.167. The van der Waals surface area contributed by atoms with Crippen LogP contribution >= 0.6 is 0 Å². The third kappa shape index (κ3) is 5.81. The monoisotopic (exact) mass is 439 g/mol. The number of halogens is 2. The first-order valence-electron chi connectivity index (χ1n) is 9.89. The zero-order valence-corrected chi connectivity index (χ0v) is 17.6. The molecule has 0 spiro atoms. The number of amides is 3. The molecule has 0 aliphatic rings. The van der Waals surface area contributed by atoms with Gasteiger partial charge in [-0.25, -0.2) is 13.6 Å². The molecule has 0 fully saturated rings. The molecule has 8 heteroatoms. The van der Waals surface area contributed by atoms with Gasteiger partial charge < -0.3 is 20.7 Å². The Morgan fingerprint density at radius 2 is 1.59 bits per heavy atom. The van der Waals surface area contributed by atoms with Crippen LogP contribution in [0.15, 0.2) is 72.8 Å². The number of anilines is 1. The molecule has 0 aromatic heterocycles. The van der Waals surface area contributed by atoms with E-state index >= 15 is 0 Å². The predicted octanol–water partition coefficient (Wildman–Crippen LogP) is 4.71. The van der Waals surface area contributed by atoms with Crippen molar-refractivity contribution in [3.63, 3.8) is 0 Å². The standard InChI is InChI=1S/C24H23F2N3O3/c1-15(20-14-17(25)8-13-21(20)26)27-23(30)22(16-6-4-3-5-7-16)29-24(31)28-18-9-11-19(32-2)12-10-18/h3-15,22H,1-2H3,(H,27,30)(H2,28,29,31)/t15-,22-/m1/s1. The zero-order valence-electron chi connectivity index (χ0n) is 17.6. The van der Waals surface area contributed by atoms with Crippen molar-refractivity contribution in [1.82, 2.24) is 10.6 Å². The molecule has 6 nitrogen and oxygen atoms in total. The van der Waals surface area contributed by atoms with Crippen LogP contribution in [0.1, 0.15) is 30.1 Å². The molecule has 0 aliphatic carbocycles. The number of carbonyl (C=O) groups excluding carboxylic acids is 2. The largest absolute Gasteiger partial charge is 0.497 e. The Morgan fingerprint density at radius 3 is 2.25 bits per heavy atom. The lowest BCUT2D eigenvalue weighted by atomic mass is 10.0. The van der Waals surface area contributed by atoms with Crippen molar-refractivity contribution >= 4 is 17.6 Å². The summed E-state index contributed by atoms with van der Waals surface area (Å²) in [6, 6.07) is 15.8. The molecule has 2 atom stereocenters. The minimum absolute atomic E-state index is 0.00726. The molecule has 3 rings (SSSR count). The second-order valence-corrected chi connectivity index (χ2v) is 7.07. The molecular weight excluding hydrogens is 416 g/mol. The summed E-state index contributed by atoms with van der Waals surface area (Å²) in [7, 11) is 1.54. The molecule has 3 amide bonds. The van der Waals surface area contributed by atoms with E-state index in [1.807, 2.05) is 0 Å². The van der Waals surface area contributed by atoms with Gasteiger partial charge in [0.1, 0.15) is 23.4 Å². The minimum Gasteiger partial charge on any atom is -0.497 e. The number of nitrogens with one attached hydrogen (secondary N) is 3. The lowest BCUT2D eigenvalue weighted by Gasteiger charge is -2.22. The maximum absolute atomic E-state index is 14.1. The van der Waals surface area contributed by atoms with Crippen molar-refractivity contribution in [3.05, 3.63) is 95.6 Å². The summed E-state index contributed by atoms with van der Waals surface area (Å²) in [4.78, 5) is 25.6. The minimum atomic E-state index is -1.06. The van der Waals surface area contributed by atoms with Gasteiger partial charge in [-0.05, 0) is 55.0 Å². The Kier molecular flexibility index (Phi) is 7.38. The Morgan fingerprint density at radius 1 is 0.906 bits per heavy atom. The van der Waals surface area contributed by atoms with E-state index in [4.69, 9.17) is 4.74 Å². The van der Waals surface area contributed by atoms with Crippen LogP contribution in [0.4, 0.5) is 19.3 Å². The summed E-state index contributed by atoms with van der Waals surface area (Å²) < 4.78 is 32.7. The summed E-state index contributed by atoms with van der Waals surface area (Å²) in [5.41, 5.74) is 1.04. The third-order valence-corrected chi connectivity index (χ3v) is 4.80. The van der Waals surface area contributed by atoms with Crippen molar-refractivity contribution in [2.24, 2.45) is 0 Å². The normalized spacial score (nSPS) is 12.4. The van der Waals surface area contributed by atoms with E-state index < -0.39 is 35.7 Å². The second kappa shape index (κ2) is 10.4. The van der Waals surface area contributed by atoms with Gasteiger partial charge in [-0.1, -0.05) is 30.3 Å². The van der Waals surface area contributed by atoms with Crippen molar-refractivity contribution in [2.75, 3.05) is 12.4 Å².